The summed E-state index contributed by atoms with van der Waals surface area (Å²) in [6, 6.07) is 33.2. The highest BCUT2D eigenvalue weighted by Gasteiger charge is 2.37. The van der Waals surface area contributed by atoms with Crippen molar-refractivity contribution in [1.29, 1.82) is 10.5 Å². The molecule has 19 nitrogen and oxygen atoms in total. The lowest BCUT2D eigenvalue weighted by atomic mass is 9.88. The van der Waals surface area contributed by atoms with Crippen LogP contribution in [0, 0.1) is 33.5 Å². The van der Waals surface area contributed by atoms with E-state index < -0.39 is 73.0 Å². The van der Waals surface area contributed by atoms with Crippen LogP contribution in [0.3, 0.4) is 0 Å². The zero-order valence-electron chi connectivity index (χ0n) is 47.0. The number of ether oxygens (including phenoxy) is 5. The molecule has 5 atom stereocenters. The normalized spacial score (nSPS) is 15.5. The number of nitrogens with zero attached hydrogens (tertiary/aromatic N) is 4. The van der Waals surface area contributed by atoms with Gasteiger partial charge >= 0.3 is 12.2 Å². The van der Waals surface area contributed by atoms with Gasteiger partial charge in [0.15, 0.2) is 0 Å². The van der Waals surface area contributed by atoms with E-state index in [-0.39, 0.29) is 67.8 Å². The Labute approximate surface area is 467 Å². The number of hydrogen-bond donors (Lipinski definition) is 4. The van der Waals surface area contributed by atoms with Crippen molar-refractivity contribution in [3.05, 3.63) is 120 Å². The minimum Gasteiger partial charge on any atom is -0.497 e. The van der Waals surface area contributed by atoms with Gasteiger partial charge in [-0.15, -0.1) is 0 Å². The van der Waals surface area contributed by atoms with Gasteiger partial charge in [-0.25, -0.2) is 26.4 Å². The van der Waals surface area contributed by atoms with Gasteiger partial charge in [0, 0.05) is 45.4 Å². The van der Waals surface area contributed by atoms with Crippen LogP contribution in [0.2, 0.25) is 0 Å². The summed E-state index contributed by atoms with van der Waals surface area (Å²) in [6.45, 7) is 13.1. The molecule has 1 fully saturated rings. The Hall–Kier alpha value is -6.30. The molecule has 4 aromatic carbocycles. The Bertz CT molecular complexity index is 2810. The summed E-state index contributed by atoms with van der Waals surface area (Å²) >= 11 is 0. The van der Waals surface area contributed by atoms with Crippen LogP contribution in [0.1, 0.15) is 91.7 Å². The molecule has 0 aliphatic carbocycles. The topological polar surface area (TPSA) is 267 Å². The molecule has 0 bridgehead atoms. The molecular weight excluding hydrogens is 1050 g/mol. The van der Waals surface area contributed by atoms with Crippen LogP contribution in [0.25, 0.3) is 0 Å². The second-order valence-electron chi connectivity index (χ2n) is 22.0. The maximum Gasteiger partial charge on any atom is 0.407 e. The summed E-state index contributed by atoms with van der Waals surface area (Å²) in [5, 5.41) is 46.5. The summed E-state index contributed by atoms with van der Waals surface area (Å²) < 4.78 is 84.2. The molecule has 3 unspecified atom stereocenters. The lowest BCUT2D eigenvalue weighted by Crippen LogP contribution is -2.52. The van der Waals surface area contributed by atoms with Crippen LogP contribution in [-0.4, -0.2) is 137 Å². The second kappa shape index (κ2) is 30.3. The third-order valence-corrected chi connectivity index (χ3v) is 16.6. The minimum atomic E-state index is -4.06. The number of nitriles is 2. The molecule has 1 aliphatic rings. The van der Waals surface area contributed by atoms with Crippen molar-refractivity contribution < 1.29 is 60.3 Å². The largest absolute Gasteiger partial charge is 0.497 e. The van der Waals surface area contributed by atoms with Gasteiger partial charge < -0.3 is 44.5 Å². The van der Waals surface area contributed by atoms with Crippen molar-refractivity contribution in [2.45, 2.75) is 139 Å². The molecular formula is C58H80N6O13S2. The summed E-state index contributed by atoms with van der Waals surface area (Å²) in [5.74, 6) is 1.03. The van der Waals surface area contributed by atoms with Gasteiger partial charge in [-0.2, -0.15) is 19.1 Å². The number of aliphatic hydroxyl groups excluding tert-OH is 2. The second-order valence-corrected chi connectivity index (χ2v) is 25.9. The molecule has 1 saturated heterocycles. The number of rotatable bonds is 27. The van der Waals surface area contributed by atoms with Crippen molar-refractivity contribution in [2.24, 2.45) is 10.8 Å². The van der Waals surface area contributed by atoms with Gasteiger partial charge in [-0.05, 0) is 117 Å². The van der Waals surface area contributed by atoms with Crippen LogP contribution in [-0.2, 0) is 47.1 Å². The lowest BCUT2D eigenvalue weighted by Gasteiger charge is -2.35. The van der Waals surface area contributed by atoms with E-state index in [1.807, 2.05) is 88.4 Å². The number of sulfonamides is 2. The predicted octanol–water partition coefficient (Wildman–Crippen LogP) is 8.02. The molecule has 1 heterocycles. The number of amides is 2. The number of aliphatic hydroxyl groups is 2. The van der Waals surface area contributed by atoms with E-state index in [1.165, 1.54) is 47.1 Å². The van der Waals surface area contributed by atoms with E-state index in [0.29, 0.717) is 44.0 Å². The van der Waals surface area contributed by atoms with Crippen molar-refractivity contribution in [3.8, 4) is 23.6 Å². The molecule has 4 aromatic rings. The molecule has 5 rings (SSSR count). The number of methoxy groups -OCH3 is 2. The Balaban J connectivity index is 0.000000341. The van der Waals surface area contributed by atoms with Crippen LogP contribution in [0.15, 0.2) is 119 Å². The van der Waals surface area contributed by atoms with E-state index in [2.05, 4.69) is 22.8 Å². The number of benzene rings is 4. The highest BCUT2D eigenvalue weighted by atomic mass is 32.2. The van der Waals surface area contributed by atoms with Crippen molar-refractivity contribution in [2.75, 3.05) is 53.6 Å². The van der Waals surface area contributed by atoms with E-state index >= 15 is 0 Å². The average molecular weight is 1130 g/mol. The monoisotopic (exact) mass is 1130 g/mol. The van der Waals surface area contributed by atoms with Crippen LogP contribution < -0.4 is 20.1 Å². The fourth-order valence-electron chi connectivity index (χ4n) is 8.57. The summed E-state index contributed by atoms with van der Waals surface area (Å²) in [4.78, 5) is 25.5. The van der Waals surface area contributed by atoms with E-state index in [4.69, 9.17) is 34.2 Å². The highest BCUT2D eigenvalue weighted by molar-refractivity contribution is 7.89. The molecule has 4 N–H and O–H groups in total. The fraction of sp³-hybridized carbons (Fsp3) is 0.517. The molecule has 432 valence electrons. The Morgan fingerprint density at radius 1 is 0.646 bits per heavy atom. The van der Waals surface area contributed by atoms with E-state index in [0.717, 1.165) is 11.1 Å². The smallest absolute Gasteiger partial charge is 0.407 e. The number of carbonyl (C=O) groups excluding carboxylic acids is 2. The number of carbonyl (C=O) groups is 2. The minimum absolute atomic E-state index is 0.0461. The van der Waals surface area contributed by atoms with Crippen molar-refractivity contribution in [3.63, 3.8) is 0 Å². The Morgan fingerprint density at radius 3 is 1.38 bits per heavy atom. The molecule has 1 aliphatic heterocycles. The van der Waals surface area contributed by atoms with Gasteiger partial charge in [0.1, 0.15) is 23.2 Å². The fourth-order valence-corrected chi connectivity index (χ4v) is 11.9. The van der Waals surface area contributed by atoms with E-state index in [1.54, 1.807) is 45.0 Å². The first-order valence-corrected chi connectivity index (χ1v) is 29.1. The Kier molecular flexibility index (Phi) is 25.0. The molecule has 2 amide bonds. The number of alkyl carbamates (subject to hydrolysis) is 2. The predicted molar refractivity (Wildman–Crippen MR) is 299 cm³/mol. The zero-order valence-corrected chi connectivity index (χ0v) is 48.6. The summed E-state index contributed by atoms with van der Waals surface area (Å²) in [7, 11) is -5.12. The molecule has 79 heavy (non-hydrogen) atoms. The SMILES string of the molecule is COc1ccc(S(=O)(=O)N(CC(O)[C@H](Cc2ccccc2)NC(=O)OC(C)(C)C)CC(C)(C)CCC#N)cc1.COc1ccc(S(=O)(=O)N(CC(O)[C@H](Cc2ccccc2)NC(=O)OC2CCOC2)CC(C)(C)CCC#N)cc1. The number of nitrogens with one attached hydrogen (secondary N) is 2. The molecule has 0 aromatic heterocycles. The van der Waals surface area contributed by atoms with Crippen LogP contribution in [0.5, 0.6) is 11.5 Å². The van der Waals surface area contributed by atoms with Crippen LogP contribution in [0.4, 0.5) is 9.59 Å². The zero-order chi connectivity index (χ0) is 58.4. The Morgan fingerprint density at radius 2 is 1.04 bits per heavy atom. The molecule has 0 radical (unpaired) electrons. The van der Waals surface area contributed by atoms with E-state index in [9.17, 15) is 36.6 Å². The van der Waals surface area contributed by atoms with Gasteiger partial charge in [0.2, 0.25) is 20.0 Å². The maximum atomic E-state index is 13.8. The lowest BCUT2D eigenvalue weighted by molar-refractivity contribution is 0.0392. The quantitative estimate of drug-likeness (QED) is 0.0440. The van der Waals surface area contributed by atoms with Crippen LogP contribution >= 0.6 is 0 Å². The third kappa shape index (κ3) is 22.0. The highest BCUT2D eigenvalue weighted by Crippen LogP contribution is 2.31. The van der Waals surface area contributed by atoms with Crippen molar-refractivity contribution in [1.82, 2.24) is 19.2 Å². The van der Waals surface area contributed by atoms with Gasteiger partial charge in [0.25, 0.3) is 0 Å². The molecule has 0 saturated carbocycles. The van der Waals surface area contributed by atoms with Crippen molar-refractivity contribution >= 4 is 32.2 Å². The summed E-state index contributed by atoms with van der Waals surface area (Å²) in [5.41, 5.74) is -0.145. The van der Waals surface area contributed by atoms with Gasteiger partial charge in [-0.3, -0.25) is 0 Å². The molecule has 0 spiro atoms. The third-order valence-electron chi connectivity index (χ3n) is 12.9. The standard InChI is InChI=1S/C29H39N3O7S.C29H41N3O6S/c1-29(2,15-7-16-30)21-32(40(35,36)25-12-10-23(37-3)11-13-25)19-27(33)26(18-22-8-5-4-6-9-22)31-28(34)39-24-14-17-38-20-24;1-28(2,3)38-27(34)31-25(19-22-11-8-7-9-12-22)26(33)20-32(21-29(4,5)17-10-18-30)39(35,36)24-15-13-23(37-6)14-16-24/h4-6,8-13,24,26-27,33H,7,14-15,17-21H2,1-3H3,(H,31,34);7-9,11-16,25-26,33H,10,17,19-21H2,1-6H3,(H,31,34)/t24?,26-,27?;25-,26?/m00/s1. The average Bonchev–Trinajstić information content (AvgIpc) is 3.93. The first-order valence-electron chi connectivity index (χ1n) is 26.2. The van der Waals surface area contributed by atoms with Gasteiger partial charge in [0.05, 0.1) is 73.7 Å². The van der Waals surface area contributed by atoms with Gasteiger partial charge in [-0.1, -0.05) is 88.4 Å². The number of hydrogen-bond acceptors (Lipinski definition) is 15. The maximum absolute atomic E-state index is 13.8. The first kappa shape index (κ1) is 65.2. The summed E-state index contributed by atoms with van der Waals surface area (Å²) in [6.07, 6.45) is -1.74. The first-order chi connectivity index (χ1) is 37.2. The molecule has 21 heteroatoms.